The van der Waals surface area contributed by atoms with E-state index in [1.807, 2.05) is 43.3 Å². The zero-order chi connectivity index (χ0) is 21.7. The summed E-state index contributed by atoms with van der Waals surface area (Å²) >= 11 is 0. The molecule has 1 amide bonds. The first-order valence-electron chi connectivity index (χ1n) is 9.72. The highest BCUT2D eigenvalue weighted by molar-refractivity contribution is 5.88. The maximum atomic E-state index is 12.7. The molecule has 0 saturated carbocycles. The van der Waals surface area contributed by atoms with Crippen molar-refractivity contribution in [1.29, 1.82) is 0 Å². The van der Waals surface area contributed by atoms with Crippen molar-refractivity contribution in [3.05, 3.63) is 65.7 Å². The third kappa shape index (κ3) is 4.66. The summed E-state index contributed by atoms with van der Waals surface area (Å²) in [5.41, 5.74) is 1.46. The number of nitrogens with one attached hydrogen (secondary N) is 1. The third-order valence-corrected chi connectivity index (χ3v) is 5.23. The van der Waals surface area contributed by atoms with E-state index >= 15 is 0 Å². The Balaban J connectivity index is 1.69. The van der Waals surface area contributed by atoms with E-state index in [-0.39, 0.29) is 18.4 Å². The largest absolute Gasteiger partial charge is 0.497 e. The van der Waals surface area contributed by atoms with Gasteiger partial charge in [0, 0.05) is 12.1 Å². The molecule has 158 valence electrons. The van der Waals surface area contributed by atoms with Gasteiger partial charge in [0.2, 0.25) is 5.91 Å². The van der Waals surface area contributed by atoms with E-state index in [0.717, 1.165) is 22.1 Å². The Bertz CT molecular complexity index is 1030. The molecule has 3 aromatic rings. The van der Waals surface area contributed by atoms with Gasteiger partial charge in [0.05, 0.1) is 33.4 Å². The van der Waals surface area contributed by atoms with Crippen molar-refractivity contribution >= 4 is 16.7 Å². The van der Waals surface area contributed by atoms with E-state index in [4.69, 9.17) is 14.2 Å². The van der Waals surface area contributed by atoms with Gasteiger partial charge in [0.15, 0.2) is 0 Å². The zero-order valence-corrected chi connectivity index (χ0v) is 17.6. The smallest absolute Gasteiger partial charge is 0.227 e. The molecule has 1 unspecified atom stereocenters. The predicted molar refractivity (Wildman–Crippen MR) is 116 cm³/mol. The summed E-state index contributed by atoms with van der Waals surface area (Å²) in [5.74, 6) is 1.41. The lowest BCUT2D eigenvalue weighted by molar-refractivity contribution is -0.122. The Labute approximate surface area is 176 Å². The van der Waals surface area contributed by atoms with Crippen LogP contribution in [0.3, 0.4) is 0 Å². The SMILES string of the molecule is COc1ccc(OC)c(C(O)CNC(=O)[C@@H](C)c2ccc3cc(OC)ccc3c2)c1. The Morgan fingerprint density at radius 2 is 1.53 bits per heavy atom. The van der Waals surface area contributed by atoms with Crippen molar-refractivity contribution in [2.75, 3.05) is 27.9 Å². The Hall–Kier alpha value is -3.25. The molecule has 0 saturated heterocycles. The van der Waals surface area contributed by atoms with Gasteiger partial charge in [-0.1, -0.05) is 24.3 Å². The van der Waals surface area contributed by atoms with Gasteiger partial charge < -0.3 is 24.6 Å². The van der Waals surface area contributed by atoms with Crippen LogP contribution in [0.5, 0.6) is 17.2 Å². The number of amides is 1. The Kier molecular flexibility index (Phi) is 6.79. The summed E-state index contributed by atoms with van der Waals surface area (Å²) < 4.78 is 15.8. The third-order valence-electron chi connectivity index (χ3n) is 5.23. The van der Waals surface area contributed by atoms with Crippen LogP contribution in [0.4, 0.5) is 0 Å². The Morgan fingerprint density at radius 3 is 2.23 bits per heavy atom. The van der Waals surface area contributed by atoms with Crippen LogP contribution in [0, 0.1) is 0 Å². The average Bonchev–Trinajstić information content (AvgIpc) is 2.80. The molecule has 6 nitrogen and oxygen atoms in total. The number of hydrogen-bond acceptors (Lipinski definition) is 5. The molecule has 0 radical (unpaired) electrons. The van der Waals surface area contributed by atoms with Crippen molar-refractivity contribution in [3.8, 4) is 17.2 Å². The monoisotopic (exact) mass is 409 g/mol. The number of benzene rings is 3. The van der Waals surface area contributed by atoms with Gasteiger partial charge in [-0.2, -0.15) is 0 Å². The highest BCUT2D eigenvalue weighted by Crippen LogP contribution is 2.29. The van der Waals surface area contributed by atoms with Crippen LogP contribution in [-0.4, -0.2) is 38.9 Å². The van der Waals surface area contributed by atoms with Gasteiger partial charge in [-0.25, -0.2) is 0 Å². The molecular weight excluding hydrogens is 382 g/mol. The lowest BCUT2D eigenvalue weighted by atomic mass is 9.97. The molecule has 0 aromatic heterocycles. The molecule has 3 rings (SSSR count). The fourth-order valence-electron chi connectivity index (χ4n) is 3.35. The van der Waals surface area contributed by atoms with Gasteiger partial charge in [0.25, 0.3) is 0 Å². The summed E-state index contributed by atoms with van der Waals surface area (Å²) in [6, 6.07) is 16.9. The van der Waals surface area contributed by atoms with E-state index in [1.54, 1.807) is 32.4 Å². The Morgan fingerprint density at radius 1 is 0.900 bits per heavy atom. The van der Waals surface area contributed by atoms with Gasteiger partial charge in [-0.15, -0.1) is 0 Å². The van der Waals surface area contributed by atoms with Gasteiger partial charge in [-0.3, -0.25) is 4.79 Å². The molecular formula is C24H27NO5. The molecule has 6 heteroatoms. The van der Waals surface area contributed by atoms with E-state index in [2.05, 4.69) is 5.32 Å². The fourth-order valence-corrected chi connectivity index (χ4v) is 3.35. The van der Waals surface area contributed by atoms with Crippen molar-refractivity contribution in [2.24, 2.45) is 0 Å². The number of hydrogen-bond donors (Lipinski definition) is 2. The first kappa shape index (κ1) is 21.5. The first-order chi connectivity index (χ1) is 14.5. The summed E-state index contributed by atoms with van der Waals surface area (Å²) in [4.78, 5) is 12.7. The zero-order valence-electron chi connectivity index (χ0n) is 17.6. The number of carbonyl (C=O) groups excluding carboxylic acids is 1. The number of carbonyl (C=O) groups is 1. The molecule has 0 spiro atoms. The molecule has 3 aromatic carbocycles. The molecule has 0 heterocycles. The van der Waals surface area contributed by atoms with Crippen LogP contribution in [0.25, 0.3) is 10.8 Å². The molecule has 0 aliphatic carbocycles. The van der Waals surface area contributed by atoms with Crippen LogP contribution in [-0.2, 0) is 4.79 Å². The van der Waals surface area contributed by atoms with E-state index in [1.165, 1.54) is 7.11 Å². The topological polar surface area (TPSA) is 77.0 Å². The number of aliphatic hydroxyl groups excluding tert-OH is 1. The normalized spacial score (nSPS) is 12.8. The summed E-state index contributed by atoms with van der Waals surface area (Å²) in [6.07, 6.45) is -0.921. The summed E-state index contributed by atoms with van der Waals surface area (Å²) in [6.45, 7) is 1.91. The first-order valence-corrected chi connectivity index (χ1v) is 9.72. The second-order valence-corrected chi connectivity index (χ2v) is 7.06. The molecule has 2 atom stereocenters. The average molecular weight is 409 g/mol. The number of rotatable bonds is 8. The summed E-state index contributed by atoms with van der Waals surface area (Å²) in [7, 11) is 4.73. The second-order valence-electron chi connectivity index (χ2n) is 7.06. The highest BCUT2D eigenvalue weighted by atomic mass is 16.5. The van der Waals surface area contributed by atoms with Crippen LogP contribution in [0.1, 0.15) is 30.1 Å². The lowest BCUT2D eigenvalue weighted by Gasteiger charge is -2.18. The molecule has 0 aliphatic rings. The molecule has 0 fully saturated rings. The van der Waals surface area contributed by atoms with Crippen LogP contribution in [0.2, 0.25) is 0 Å². The number of ether oxygens (including phenoxy) is 3. The predicted octanol–water partition coefficient (Wildman–Crippen LogP) is 3.82. The van der Waals surface area contributed by atoms with E-state index in [0.29, 0.717) is 17.1 Å². The molecule has 0 bridgehead atoms. The van der Waals surface area contributed by atoms with Crippen molar-refractivity contribution in [1.82, 2.24) is 5.32 Å². The minimum atomic E-state index is -0.921. The van der Waals surface area contributed by atoms with Crippen molar-refractivity contribution < 1.29 is 24.1 Å². The van der Waals surface area contributed by atoms with E-state index < -0.39 is 6.10 Å². The maximum absolute atomic E-state index is 12.7. The minimum absolute atomic E-state index is 0.0669. The quantitative estimate of drug-likeness (QED) is 0.592. The number of methoxy groups -OCH3 is 3. The van der Waals surface area contributed by atoms with Crippen LogP contribution in [0.15, 0.2) is 54.6 Å². The van der Waals surface area contributed by atoms with Crippen LogP contribution < -0.4 is 19.5 Å². The number of fused-ring (bicyclic) bond motifs is 1. The van der Waals surface area contributed by atoms with Crippen LogP contribution >= 0.6 is 0 Å². The second kappa shape index (κ2) is 9.50. The molecule has 30 heavy (non-hydrogen) atoms. The maximum Gasteiger partial charge on any atom is 0.227 e. The van der Waals surface area contributed by atoms with Gasteiger partial charge in [-0.05, 0) is 53.6 Å². The standard InChI is InChI=1S/C24H27NO5/c1-15(16-5-6-18-12-19(28-2)8-7-17(18)11-16)24(27)25-14-22(26)21-13-20(29-3)9-10-23(21)30-4/h5-13,15,22,26H,14H2,1-4H3,(H,25,27)/t15-,22?/m0/s1. The molecule has 0 aliphatic heterocycles. The van der Waals surface area contributed by atoms with E-state index in [9.17, 15) is 9.90 Å². The highest BCUT2D eigenvalue weighted by Gasteiger charge is 2.19. The fraction of sp³-hybridized carbons (Fsp3) is 0.292. The van der Waals surface area contributed by atoms with Crippen molar-refractivity contribution in [2.45, 2.75) is 18.9 Å². The minimum Gasteiger partial charge on any atom is -0.497 e. The number of aliphatic hydroxyl groups is 1. The summed E-state index contributed by atoms with van der Waals surface area (Å²) in [5, 5.41) is 15.5. The van der Waals surface area contributed by atoms with Gasteiger partial charge >= 0.3 is 0 Å². The van der Waals surface area contributed by atoms with Gasteiger partial charge in [0.1, 0.15) is 17.2 Å². The molecule has 2 N–H and O–H groups in total. The van der Waals surface area contributed by atoms with Crippen molar-refractivity contribution in [3.63, 3.8) is 0 Å². The lowest BCUT2D eigenvalue weighted by Crippen LogP contribution is -2.32.